The Kier molecular flexibility index (Phi) is 2.18. The van der Waals surface area contributed by atoms with E-state index in [1.54, 1.807) is 0 Å². The van der Waals surface area contributed by atoms with Gasteiger partial charge in [-0.3, -0.25) is 0 Å². The summed E-state index contributed by atoms with van der Waals surface area (Å²) in [6.45, 7) is 0. The highest BCUT2D eigenvalue weighted by Gasteiger charge is 2.24. The SMILES string of the molecule is CON=C1Cc2ccccc2C1=NO. The van der Waals surface area contributed by atoms with Crippen LogP contribution in [-0.2, 0) is 11.3 Å². The molecule has 0 unspecified atom stereocenters. The highest BCUT2D eigenvalue weighted by atomic mass is 16.6. The maximum atomic E-state index is 8.86. The highest BCUT2D eigenvalue weighted by molar-refractivity contribution is 6.51. The molecule has 0 saturated carbocycles. The monoisotopic (exact) mass is 190 g/mol. The van der Waals surface area contributed by atoms with E-state index in [2.05, 4.69) is 15.1 Å². The van der Waals surface area contributed by atoms with E-state index in [4.69, 9.17) is 5.21 Å². The van der Waals surface area contributed by atoms with Gasteiger partial charge in [0.25, 0.3) is 0 Å². The van der Waals surface area contributed by atoms with E-state index in [0.29, 0.717) is 17.8 Å². The Morgan fingerprint density at radius 2 is 2.14 bits per heavy atom. The first kappa shape index (κ1) is 8.74. The van der Waals surface area contributed by atoms with Crippen molar-refractivity contribution in [3.05, 3.63) is 35.4 Å². The third-order valence-electron chi connectivity index (χ3n) is 2.21. The summed E-state index contributed by atoms with van der Waals surface area (Å²) in [4.78, 5) is 4.69. The molecule has 1 aliphatic carbocycles. The highest BCUT2D eigenvalue weighted by Crippen LogP contribution is 2.20. The van der Waals surface area contributed by atoms with E-state index in [9.17, 15) is 0 Å². The predicted molar refractivity (Wildman–Crippen MR) is 52.9 cm³/mol. The molecular formula is C10H10N2O2. The van der Waals surface area contributed by atoms with Crippen molar-refractivity contribution in [2.24, 2.45) is 10.3 Å². The lowest BCUT2D eigenvalue weighted by Crippen LogP contribution is -2.09. The largest absolute Gasteiger partial charge is 0.410 e. The zero-order chi connectivity index (χ0) is 9.97. The molecule has 1 aromatic carbocycles. The molecule has 4 heteroatoms. The topological polar surface area (TPSA) is 54.2 Å². The fourth-order valence-electron chi connectivity index (χ4n) is 1.62. The predicted octanol–water partition coefficient (Wildman–Crippen LogP) is 1.42. The van der Waals surface area contributed by atoms with Crippen molar-refractivity contribution in [1.82, 2.24) is 0 Å². The molecule has 1 aromatic rings. The molecule has 1 N–H and O–H groups in total. The summed E-state index contributed by atoms with van der Waals surface area (Å²) in [7, 11) is 1.48. The van der Waals surface area contributed by atoms with Gasteiger partial charge in [-0.1, -0.05) is 34.6 Å². The lowest BCUT2D eigenvalue weighted by atomic mass is 10.1. The van der Waals surface area contributed by atoms with E-state index < -0.39 is 0 Å². The third kappa shape index (κ3) is 1.25. The van der Waals surface area contributed by atoms with Gasteiger partial charge >= 0.3 is 0 Å². The first-order chi connectivity index (χ1) is 6.86. The Hall–Kier alpha value is -1.84. The molecule has 0 heterocycles. The molecular weight excluding hydrogens is 180 g/mol. The van der Waals surface area contributed by atoms with Crippen LogP contribution in [0.1, 0.15) is 11.1 Å². The van der Waals surface area contributed by atoms with E-state index in [0.717, 1.165) is 11.1 Å². The van der Waals surface area contributed by atoms with Crippen molar-refractivity contribution in [1.29, 1.82) is 0 Å². The van der Waals surface area contributed by atoms with Crippen LogP contribution in [0.3, 0.4) is 0 Å². The molecule has 0 aromatic heterocycles. The first-order valence-electron chi connectivity index (χ1n) is 4.27. The number of hydrogen-bond donors (Lipinski definition) is 1. The number of benzene rings is 1. The summed E-state index contributed by atoms with van der Waals surface area (Å²) in [5.74, 6) is 0. The van der Waals surface area contributed by atoms with Crippen LogP contribution in [0.2, 0.25) is 0 Å². The molecule has 14 heavy (non-hydrogen) atoms. The third-order valence-corrected chi connectivity index (χ3v) is 2.21. The lowest BCUT2D eigenvalue weighted by Gasteiger charge is -1.95. The smallest absolute Gasteiger partial charge is 0.135 e. The fourth-order valence-corrected chi connectivity index (χ4v) is 1.62. The summed E-state index contributed by atoms with van der Waals surface area (Å²) in [6.07, 6.45) is 0.656. The molecule has 2 rings (SSSR count). The van der Waals surface area contributed by atoms with E-state index in [-0.39, 0.29) is 0 Å². The summed E-state index contributed by atoms with van der Waals surface area (Å²) in [6, 6.07) is 7.74. The van der Waals surface area contributed by atoms with Crippen LogP contribution >= 0.6 is 0 Å². The van der Waals surface area contributed by atoms with E-state index in [1.807, 2.05) is 24.3 Å². The Balaban J connectivity index is 2.50. The van der Waals surface area contributed by atoms with Crippen molar-refractivity contribution >= 4 is 11.4 Å². The normalized spacial score (nSPS) is 20.1. The second-order valence-electron chi connectivity index (χ2n) is 3.00. The van der Waals surface area contributed by atoms with Gasteiger partial charge in [-0.05, 0) is 5.56 Å². The molecule has 0 atom stereocenters. The molecule has 0 bridgehead atoms. The Morgan fingerprint density at radius 1 is 1.36 bits per heavy atom. The van der Waals surface area contributed by atoms with Gasteiger partial charge in [0.2, 0.25) is 0 Å². The van der Waals surface area contributed by atoms with Gasteiger partial charge in [-0.15, -0.1) is 0 Å². The number of nitrogens with zero attached hydrogens (tertiary/aromatic N) is 2. The van der Waals surface area contributed by atoms with Gasteiger partial charge in [-0.25, -0.2) is 0 Å². The Labute approximate surface area is 81.5 Å². The quantitative estimate of drug-likeness (QED) is 0.538. The summed E-state index contributed by atoms with van der Waals surface area (Å²) in [5, 5.41) is 15.9. The van der Waals surface area contributed by atoms with Gasteiger partial charge in [0, 0.05) is 12.0 Å². The minimum atomic E-state index is 0.502. The van der Waals surface area contributed by atoms with Crippen molar-refractivity contribution in [2.45, 2.75) is 6.42 Å². The van der Waals surface area contributed by atoms with Crippen LogP contribution < -0.4 is 0 Å². The summed E-state index contributed by atoms with van der Waals surface area (Å²) >= 11 is 0. The number of hydrogen-bond acceptors (Lipinski definition) is 4. The zero-order valence-electron chi connectivity index (χ0n) is 7.77. The van der Waals surface area contributed by atoms with Crippen LogP contribution in [0.4, 0.5) is 0 Å². The number of rotatable bonds is 1. The van der Waals surface area contributed by atoms with E-state index >= 15 is 0 Å². The van der Waals surface area contributed by atoms with Crippen LogP contribution in [-0.4, -0.2) is 23.7 Å². The first-order valence-corrected chi connectivity index (χ1v) is 4.27. The van der Waals surface area contributed by atoms with Gasteiger partial charge in [0.15, 0.2) is 0 Å². The van der Waals surface area contributed by atoms with Gasteiger partial charge in [0.05, 0.1) is 0 Å². The molecule has 0 aliphatic heterocycles. The van der Waals surface area contributed by atoms with Gasteiger partial charge in [-0.2, -0.15) is 0 Å². The second kappa shape index (κ2) is 3.49. The maximum absolute atomic E-state index is 8.86. The average molecular weight is 190 g/mol. The molecule has 0 amide bonds. The lowest BCUT2D eigenvalue weighted by molar-refractivity contribution is 0.213. The fraction of sp³-hybridized carbons (Fsp3) is 0.200. The molecule has 72 valence electrons. The van der Waals surface area contributed by atoms with Crippen molar-refractivity contribution in [2.75, 3.05) is 7.11 Å². The second-order valence-corrected chi connectivity index (χ2v) is 3.00. The molecule has 0 radical (unpaired) electrons. The molecule has 1 aliphatic rings. The van der Waals surface area contributed by atoms with Crippen LogP contribution in [0.15, 0.2) is 34.6 Å². The van der Waals surface area contributed by atoms with Gasteiger partial charge in [0.1, 0.15) is 18.5 Å². The van der Waals surface area contributed by atoms with Crippen LogP contribution in [0, 0.1) is 0 Å². The average Bonchev–Trinajstić information content (AvgIpc) is 2.55. The minimum Gasteiger partial charge on any atom is -0.410 e. The van der Waals surface area contributed by atoms with Crippen molar-refractivity contribution in [3.63, 3.8) is 0 Å². The number of fused-ring (bicyclic) bond motifs is 1. The Bertz CT molecular complexity index is 410. The van der Waals surface area contributed by atoms with E-state index in [1.165, 1.54) is 7.11 Å². The number of oxime groups is 2. The summed E-state index contributed by atoms with van der Waals surface area (Å²) in [5.41, 5.74) is 3.19. The standard InChI is InChI=1S/C10H10N2O2/c1-14-12-9-6-7-4-2-3-5-8(7)10(9)11-13/h2-5,13H,6H2,1H3. The summed E-state index contributed by atoms with van der Waals surface area (Å²) < 4.78 is 0. The molecule has 4 nitrogen and oxygen atoms in total. The van der Waals surface area contributed by atoms with Crippen LogP contribution in [0.25, 0.3) is 0 Å². The molecule has 0 fully saturated rings. The van der Waals surface area contributed by atoms with Gasteiger partial charge < -0.3 is 10.0 Å². The minimum absolute atomic E-state index is 0.502. The van der Waals surface area contributed by atoms with Crippen LogP contribution in [0.5, 0.6) is 0 Å². The molecule has 0 saturated heterocycles. The zero-order valence-corrected chi connectivity index (χ0v) is 7.77. The molecule has 0 spiro atoms. The van der Waals surface area contributed by atoms with Crippen molar-refractivity contribution < 1.29 is 10.0 Å². The maximum Gasteiger partial charge on any atom is 0.135 e. The Morgan fingerprint density at radius 3 is 2.86 bits per heavy atom. The van der Waals surface area contributed by atoms with Crippen molar-refractivity contribution in [3.8, 4) is 0 Å².